The van der Waals surface area contributed by atoms with E-state index < -0.39 is 0 Å². The molecule has 1 saturated heterocycles. The molecule has 4 rings (SSSR count). The van der Waals surface area contributed by atoms with Crippen LogP contribution in [-0.2, 0) is 13.6 Å². The minimum Gasteiger partial charge on any atom is -0.441 e. The first-order valence-corrected chi connectivity index (χ1v) is 9.34. The molecule has 1 atom stereocenters. The topological polar surface area (TPSA) is 47.1 Å². The van der Waals surface area contributed by atoms with E-state index >= 15 is 0 Å². The number of aromatic nitrogens is 3. The molecule has 0 aromatic carbocycles. The molecule has 4 heterocycles. The van der Waals surface area contributed by atoms with Crippen molar-refractivity contribution in [1.82, 2.24) is 19.7 Å². The van der Waals surface area contributed by atoms with E-state index in [0.717, 1.165) is 42.5 Å². The van der Waals surface area contributed by atoms with Crippen LogP contribution >= 0.6 is 11.3 Å². The number of hydrogen-bond acceptors (Lipinski definition) is 5. The quantitative estimate of drug-likeness (QED) is 0.723. The van der Waals surface area contributed by atoms with E-state index in [2.05, 4.69) is 32.9 Å². The Balaban J connectivity index is 1.48. The van der Waals surface area contributed by atoms with Gasteiger partial charge in [-0.25, -0.2) is 4.98 Å². The highest BCUT2D eigenvalue weighted by Crippen LogP contribution is 2.29. The van der Waals surface area contributed by atoms with Gasteiger partial charge in [0, 0.05) is 48.9 Å². The maximum absolute atomic E-state index is 5.87. The van der Waals surface area contributed by atoms with E-state index in [1.165, 1.54) is 18.5 Å². The number of oxazole rings is 1. The Morgan fingerprint density at radius 3 is 3.04 bits per heavy atom. The lowest BCUT2D eigenvalue weighted by Gasteiger charge is -2.32. The van der Waals surface area contributed by atoms with Crippen molar-refractivity contribution in [2.45, 2.75) is 32.2 Å². The first-order chi connectivity index (χ1) is 11.7. The Labute approximate surface area is 145 Å². The molecule has 0 aliphatic carbocycles. The number of likely N-dealkylation sites (tertiary alicyclic amines) is 1. The summed E-state index contributed by atoms with van der Waals surface area (Å²) in [4.78, 5) is 7.22. The maximum Gasteiger partial charge on any atom is 0.227 e. The van der Waals surface area contributed by atoms with Crippen LogP contribution < -0.4 is 0 Å². The molecule has 3 aromatic rings. The van der Waals surface area contributed by atoms with Gasteiger partial charge in [0.1, 0.15) is 5.76 Å². The minimum atomic E-state index is 0.551. The Bertz CT molecular complexity index is 805. The number of rotatable bonds is 4. The fraction of sp³-hybridized carbons (Fsp3) is 0.444. The zero-order chi connectivity index (χ0) is 16.5. The van der Waals surface area contributed by atoms with Crippen LogP contribution in [-0.4, -0.2) is 32.8 Å². The van der Waals surface area contributed by atoms with Gasteiger partial charge in [0.15, 0.2) is 0 Å². The summed E-state index contributed by atoms with van der Waals surface area (Å²) in [6.45, 7) is 5.04. The fourth-order valence-corrected chi connectivity index (χ4v) is 4.15. The van der Waals surface area contributed by atoms with Gasteiger partial charge in [0.25, 0.3) is 0 Å². The average Bonchev–Trinajstić information content (AvgIpc) is 3.30. The molecule has 24 heavy (non-hydrogen) atoms. The van der Waals surface area contributed by atoms with Crippen LogP contribution in [0.1, 0.15) is 35.9 Å². The van der Waals surface area contributed by atoms with Crippen molar-refractivity contribution in [3.63, 3.8) is 0 Å². The normalized spacial score (nSPS) is 19.0. The number of thiophene rings is 1. The van der Waals surface area contributed by atoms with E-state index in [9.17, 15) is 0 Å². The number of aryl methyl sites for hydroxylation is 2. The summed E-state index contributed by atoms with van der Waals surface area (Å²) in [5.41, 5.74) is 3.46. The lowest BCUT2D eigenvalue weighted by Crippen LogP contribution is -2.34. The van der Waals surface area contributed by atoms with Gasteiger partial charge in [-0.15, -0.1) is 0 Å². The second kappa shape index (κ2) is 6.53. The van der Waals surface area contributed by atoms with Gasteiger partial charge in [0.2, 0.25) is 5.89 Å². The zero-order valence-electron chi connectivity index (χ0n) is 14.1. The van der Waals surface area contributed by atoms with Gasteiger partial charge < -0.3 is 4.42 Å². The molecule has 126 valence electrons. The van der Waals surface area contributed by atoms with Crippen LogP contribution in [0.2, 0.25) is 0 Å². The number of nitrogens with zero attached hydrogens (tertiary/aromatic N) is 4. The summed E-state index contributed by atoms with van der Waals surface area (Å²) in [5, 5.41) is 8.45. The van der Waals surface area contributed by atoms with Crippen LogP contribution in [0.4, 0.5) is 0 Å². The molecular weight excluding hydrogens is 320 g/mol. The lowest BCUT2D eigenvalue weighted by molar-refractivity contribution is 0.194. The Morgan fingerprint density at radius 2 is 2.29 bits per heavy atom. The van der Waals surface area contributed by atoms with Crippen LogP contribution in [0.5, 0.6) is 0 Å². The number of piperidine rings is 1. The van der Waals surface area contributed by atoms with Crippen molar-refractivity contribution < 1.29 is 4.42 Å². The second-order valence-corrected chi connectivity index (χ2v) is 7.27. The minimum absolute atomic E-state index is 0.551. The Morgan fingerprint density at radius 1 is 1.38 bits per heavy atom. The Kier molecular flexibility index (Phi) is 4.24. The van der Waals surface area contributed by atoms with Crippen molar-refractivity contribution >= 4 is 11.3 Å². The lowest BCUT2D eigenvalue weighted by atomic mass is 9.94. The molecule has 0 spiro atoms. The molecular formula is C18H22N4OS. The first kappa shape index (κ1) is 15.6. The highest BCUT2D eigenvalue weighted by molar-refractivity contribution is 7.08. The van der Waals surface area contributed by atoms with Gasteiger partial charge in [-0.1, -0.05) is 0 Å². The summed E-state index contributed by atoms with van der Waals surface area (Å²) >= 11 is 1.67. The van der Waals surface area contributed by atoms with Gasteiger partial charge in [-0.2, -0.15) is 16.4 Å². The van der Waals surface area contributed by atoms with E-state index in [0.29, 0.717) is 5.92 Å². The molecule has 0 amide bonds. The van der Waals surface area contributed by atoms with E-state index in [4.69, 9.17) is 9.40 Å². The molecule has 0 saturated carbocycles. The standard InChI is InChI=1S/C18H22N4OS/c1-13-16(20-18(23-13)15-6-9-24-12-15)11-22-8-3-4-14(10-22)17-5-7-19-21(17)2/h5-7,9,12,14H,3-4,8,10-11H2,1-2H3. The van der Waals surface area contributed by atoms with Crippen molar-refractivity contribution in [2.24, 2.45) is 7.05 Å². The largest absolute Gasteiger partial charge is 0.441 e. The highest BCUT2D eigenvalue weighted by atomic mass is 32.1. The van der Waals surface area contributed by atoms with Crippen molar-refractivity contribution in [2.75, 3.05) is 13.1 Å². The first-order valence-electron chi connectivity index (χ1n) is 8.40. The maximum atomic E-state index is 5.87. The van der Waals surface area contributed by atoms with E-state index in [-0.39, 0.29) is 0 Å². The average molecular weight is 342 g/mol. The monoisotopic (exact) mass is 342 g/mol. The summed E-state index contributed by atoms with van der Waals surface area (Å²) in [7, 11) is 2.03. The SMILES string of the molecule is Cc1oc(-c2ccsc2)nc1CN1CCCC(c2ccnn2C)C1. The van der Waals surface area contributed by atoms with Gasteiger partial charge in [-0.05, 0) is 43.8 Å². The molecule has 1 fully saturated rings. The van der Waals surface area contributed by atoms with Gasteiger partial charge >= 0.3 is 0 Å². The number of hydrogen-bond donors (Lipinski definition) is 0. The third kappa shape index (κ3) is 3.03. The molecule has 1 aliphatic rings. The Hall–Kier alpha value is -1.92. The van der Waals surface area contributed by atoms with Crippen LogP contribution in [0.25, 0.3) is 11.5 Å². The van der Waals surface area contributed by atoms with Crippen molar-refractivity contribution in [1.29, 1.82) is 0 Å². The van der Waals surface area contributed by atoms with Crippen LogP contribution in [0.3, 0.4) is 0 Å². The van der Waals surface area contributed by atoms with E-state index in [1.807, 2.05) is 24.9 Å². The third-order valence-corrected chi connectivity index (χ3v) is 5.50. The molecule has 0 radical (unpaired) electrons. The second-order valence-electron chi connectivity index (χ2n) is 6.49. The molecule has 1 unspecified atom stereocenters. The predicted molar refractivity (Wildman–Crippen MR) is 95.0 cm³/mol. The molecule has 3 aromatic heterocycles. The van der Waals surface area contributed by atoms with Crippen molar-refractivity contribution in [3.8, 4) is 11.5 Å². The fourth-order valence-electron chi connectivity index (χ4n) is 3.52. The van der Waals surface area contributed by atoms with Crippen LogP contribution in [0.15, 0.2) is 33.5 Å². The predicted octanol–water partition coefficient (Wildman–Crippen LogP) is 3.82. The zero-order valence-corrected chi connectivity index (χ0v) is 14.9. The summed E-state index contributed by atoms with van der Waals surface area (Å²) in [6, 6.07) is 4.20. The van der Waals surface area contributed by atoms with Gasteiger partial charge in [0.05, 0.1) is 5.69 Å². The third-order valence-electron chi connectivity index (χ3n) is 4.82. The molecule has 5 nitrogen and oxygen atoms in total. The molecule has 6 heteroatoms. The molecule has 1 aliphatic heterocycles. The van der Waals surface area contributed by atoms with Gasteiger partial charge in [-0.3, -0.25) is 9.58 Å². The molecule has 0 bridgehead atoms. The smallest absolute Gasteiger partial charge is 0.227 e. The summed E-state index contributed by atoms with van der Waals surface area (Å²) in [5.74, 6) is 2.22. The summed E-state index contributed by atoms with van der Waals surface area (Å²) < 4.78 is 7.88. The highest BCUT2D eigenvalue weighted by Gasteiger charge is 2.25. The van der Waals surface area contributed by atoms with Crippen LogP contribution in [0, 0.1) is 6.92 Å². The molecule has 0 N–H and O–H groups in total. The summed E-state index contributed by atoms with van der Waals surface area (Å²) in [6.07, 6.45) is 4.33. The van der Waals surface area contributed by atoms with Crippen molar-refractivity contribution in [3.05, 3.63) is 46.2 Å². The van der Waals surface area contributed by atoms with E-state index in [1.54, 1.807) is 11.3 Å².